The average Bonchev–Trinajstić information content (AvgIpc) is 2.44. The van der Waals surface area contributed by atoms with Crippen LogP contribution in [0.4, 0.5) is 0 Å². The number of hydrogen-bond donors (Lipinski definition) is 2. The van der Waals surface area contributed by atoms with E-state index in [9.17, 15) is 9.59 Å². The third-order valence-electron chi connectivity index (χ3n) is 3.64. The highest BCUT2D eigenvalue weighted by atomic mass is 16.4. The summed E-state index contributed by atoms with van der Waals surface area (Å²) in [7, 11) is 0. The van der Waals surface area contributed by atoms with E-state index < -0.39 is 17.9 Å². The lowest BCUT2D eigenvalue weighted by Gasteiger charge is -2.11. The molecule has 116 valence electrons. The number of aryl methyl sites for hydroxylation is 2. The van der Waals surface area contributed by atoms with Crippen molar-refractivity contribution < 1.29 is 19.8 Å². The molecular formula is C17H24O4. The number of carboxylic acid groups (broad SMARTS) is 2. The van der Waals surface area contributed by atoms with Gasteiger partial charge in [0.2, 0.25) is 0 Å². The van der Waals surface area contributed by atoms with Gasteiger partial charge in [-0.15, -0.1) is 0 Å². The Bertz CT molecular complexity index is 450. The minimum Gasteiger partial charge on any atom is -0.481 e. The molecule has 0 aliphatic heterocycles. The Morgan fingerprint density at radius 1 is 1.00 bits per heavy atom. The van der Waals surface area contributed by atoms with Gasteiger partial charge in [-0.3, -0.25) is 9.59 Å². The number of carboxylic acids is 2. The predicted molar refractivity (Wildman–Crippen MR) is 81.4 cm³/mol. The van der Waals surface area contributed by atoms with Crippen LogP contribution in [0.1, 0.15) is 50.2 Å². The molecule has 0 aliphatic carbocycles. The molecule has 1 aromatic rings. The maximum absolute atomic E-state index is 11.1. The smallest absolute Gasteiger partial charge is 0.306 e. The number of hydrogen-bond acceptors (Lipinski definition) is 2. The second-order valence-corrected chi connectivity index (χ2v) is 5.43. The van der Waals surface area contributed by atoms with Crippen molar-refractivity contribution in [1.29, 1.82) is 0 Å². The molecule has 1 atom stereocenters. The molecule has 0 saturated carbocycles. The first-order valence-electron chi connectivity index (χ1n) is 7.55. The van der Waals surface area contributed by atoms with E-state index in [0.717, 1.165) is 25.7 Å². The van der Waals surface area contributed by atoms with Gasteiger partial charge in [0.05, 0.1) is 5.92 Å². The van der Waals surface area contributed by atoms with Crippen molar-refractivity contribution in [1.82, 2.24) is 0 Å². The van der Waals surface area contributed by atoms with Crippen LogP contribution in [-0.4, -0.2) is 22.2 Å². The van der Waals surface area contributed by atoms with Crippen molar-refractivity contribution in [3.63, 3.8) is 0 Å². The standard InChI is InChI=1S/C17H24O4/c1-2-4-13-7-9-14(10-8-13)5-3-6-15(17(20)21)11-12-16(18)19/h7-10,15H,2-6,11-12H2,1H3,(H,18,19)(H,20,21). The second-order valence-electron chi connectivity index (χ2n) is 5.43. The van der Waals surface area contributed by atoms with Gasteiger partial charge >= 0.3 is 11.9 Å². The lowest BCUT2D eigenvalue weighted by molar-refractivity contribution is -0.143. The fraction of sp³-hybridized carbons (Fsp3) is 0.529. The van der Waals surface area contributed by atoms with Crippen molar-refractivity contribution in [3.8, 4) is 0 Å². The normalized spacial score (nSPS) is 12.0. The molecule has 0 amide bonds. The van der Waals surface area contributed by atoms with Gasteiger partial charge in [-0.2, -0.15) is 0 Å². The lowest BCUT2D eigenvalue weighted by Crippen LogP contribution is -2.15. The minimum absolute atomic E-state index is 0.0807. The van der Waals surface area contributed by atoms with Crippen LogP contribution in [0, 0.1) is 5.92 Å². The van der Waals surface area contributed by atoms with Crippen LogP contribution in [0.3, 0.4) is 0 Å². The van der Waals surface area contributed by atoms with E-state index in [-0.39, 0.29) is 12.8 Å². The molecular weight excluding hydrogens is 268 g/mol. The Labute approximate surface area is 125 Å². The van der Waals surface area contributed by atoms with Gasteiger partial charge in [0.15, 0.2) is 0 Å². The maximum Gasteiger partial charge on any atom is 0.306 e. The van der Waals surface area contributed by atoms with E-state index >= 15 is 0 Å². The summed E-state index contributed by atoms with van der Waals surface area (Å²) in [5, 5.41) is 17.7. The first-order valence-corrected chi connectivity index (χ1v) is 7.55. The molecule has 21 heavy (non-hydrogen) atoms. The Hall–Kier alpha value is -1.84. The first-order chi connectivity index (χ1) is 10.0. The summed E-state index contributed by atoms with van der Waals surface area (Å²) >= 11 is 0. The molecule has 1 aromatic carbocycles. The highest BCUT2D eigenvalue weighted by Crippen LogP contribution is 2.17. The molecule has 0 radical (unpaired) electrons. The molecule has 0 aromatic heterocycles. The fourth-order valence-electron chi connectivity index (χ4n) is 2.40. The Morgan fingerprint density at radius 2 is 1.57 bits per heavy atom. The van der Waals surface area contributed by atoms with Crippen LogP contribution >= 0.6 is 0 Å². The van der Waals surface area contributed by atoms with Crippen LogP contribution in [0.15, 0.2) is 24.3 Å². The van der Waals surface area contributed by atoms with E-state index in [4.69, 9.17) is 10.2 Å². The number of benzene rings is 1. The average molecular weight is 292 g/mol. The lowest BCUT2D eigenvalue weighted by atomic mass is 9.95. The van der Waals surface area contributed by atoms with Crippen LogP contribution in [0.25, 0.3) is 0 Å². The Balaban J connectivity index is 2.39. The SMILES string of the molecule is CCCc1ccc(CCCC(CCC(=O)O)C(=O)O)cc1. The molecule has 1 unspecified atom stereocenters. The molecule has 4 heteroatoms. The molecule has 0 bridgehead atoms. The zero-order valence-corrected chi connectivity index (χ0v) is 12.5. The van der Waals surface area contributed by atoms with Gasteiger partial charge in [-0.05, 0) is 43.2 Å². The van der Waals surface area contributed by atoms with Crippen LogP contribution < -0.4 is 0 Å². The summed E-state index contributed by atoms with van der Waals surface area (Å²) in [5.41, 5.74) is 2.53. The summed E-state index contributed by atoms with van der Waals surface area (Å²) in [4.78, 5) is 21.6. The van der Waals surface area contributed by atoms with Gasteiger partial charge in [-0.25, -0.2) is 0 Å². The van der Waals surface area contributed by atoms with Gasteiger partial charge in [-0.1, -0.05) is 37.6 Å². The molecule has 0 saturated heterocycles. The summed E-state index contributed by atoms with van der Waals surface area (Å²) in [5.74, 6) is -2.39. The van der Waals surface area contributed by atoms with Gasteiger partial charge in [0.25, 0.3) is 0 Å². The molecule has 0 fully saturated rings. The van der Waals surface area contributed by atoms with Crippen molar-refractivity contribution in [2.75, 3.05) is 0 Å². The fourth-order valence-corrected chi connectivity index (χ4v) is 2.40. The Kier molecular flexibility index (Phi) is 7.51. The van der Waals surface area contributed by atoms with E-state index in [1.54, 1.807) is 0 Å². The zero-order chi connectivity index (χ0) is 15.7. The van der Waals surface area contributed by atoms with Crippen LogP contribution in [0.5, 0.6) is 0 Å². The summed E-state index contributed by atoms with van der Waals surface area (Å²) in [6.07, 6.45) is 4.47. The van der Waals surface area contributed by atoms with Crippen molar-refractivity contribution in [2.45, 2.75) is 51.9 Å². The molecule has 4 nitrogen and oxygen atoms in total. The first kappa shape index (κ1) is 17.2. The van der Waals surface area contributed by atoms with E-state index in [1.807, 2.05) is 0 Å². The van der Waals surface area contributed by atoms with E-state index in [2.05, 4.69) is 31.2 Å². The monoisotopic (exact) mass is 292 g/mol. The maximum atomic E-state index is 11.1. The van der Waals surface area contributed by atoms with Crippen molar-refractivity contribution >= 4 is 11.9 Å². The van der Waals surface area contributed by atoms with Crippen molar-refractivity contribution in [3.05, 3.63) is 35.4 Å². The number of aliphatic carboxylic acids is 2. The largest absolute Gasteiger partial charge is 0.481 e. The molecule has 2 N–H and O–H groups in total. The number of rotatable bonds is 10. The van der Waals surface area contributed by atoms with Gasteiger partial charge in [0, 0.05) is 6.42 Å². The van der Waals surface area contributed by atoms with Crippen molar-refractivity contribution in [2.24, 2.45) is 5.92 Å². The van der Waals surface area contributed by atoms with Crippen LogP contribution in [-0.2, 0) is 22.4 Å². The third kappa shape index (κ3) is 6.93. The molecule has 1 rings (SSSR count). The predicted octanol–water partition coefficient (Wildman–Crippen LogP) is 3.53. The van der Waals surface area contributed by atoms with Gasteiger partial charge in [0.1, 0.15) is 0 Å². The van der Waals surface area contributed by atoms with Crippen LogP contribution in [0.2, 0.25) is 0 Å². The summed E-state index contributed by atoms with van der Waals surface area (Å²) in [6.45, 7) is 2.15. The topological polar surface area (TPSA) is 74.6 Å². The second kappa shape index (κ2) is 9.16. The minimum atomic E-state index is -0.937. The highest BCUT2D eigenvalue weighted by molar-refractivity contribution is 5.72. The highest BCUT2D eigenvalue weighted by Gasteiger charge is 2.18. The summed E-state index contributed by atoms with van der Waals surface area (Å²) < 4.78 is 0. The number of carbonyl (C=O) groups is 2. The zero-order valence-electron chi connectivity index (χ0n) is 12.5. The summed E-state index contributed by atoms with van der Waals surface area (Å²) in [6, 6.07) is 8.44. The molecule has 0 heterocycles. The molecule has 0 aliphatic rings. The quantitative estimate of drug-likeness (QED) is 0.692. The van der Waals surface area contributed by atoms with E-state index in [0.29, 0.717) is 6.42 Å². The van der Waals surface area contributed by atoms with E-state index in [1.165, 1.54) is 11.1 Å². The Morgan fingerprint density at radius 3 is 2.05 bits per heavy atom. The third-order valence-corrected chi connectivity index (χ3v) is 3.64. The van der Waals surface area contributed by atoms with Gasteiger partial charge < -0.3 is 10.2 Å². The molecule has 0 spiro atoms.